The summed E-state index contributed by atoms with van der Waals surface area (Å²) in [7, 11) is 0. The summed E-state index contributed by atoms with van der Waals surface area (Å²) in [6.45, 7) is 10.2. The molecule has 0 fully saturated rings. The van der Waals surface area contributed by atoms with Crippen LogP contribution in [0.5, 0.6) is 0 Å². The second-order valence-electron chi connectivity index (χ2n) is 4.03. The standard InChI is InChI=1S/C13H21N3/c1-6-8-9-14-10(3)13-11(4)15-16(7-2)12(13)5/h1,10,14H,7-9H2,2-5H3. The average Bonchev–Trinajstić information content (AvgIpc) is 2.54. The van der Waals surface area contributed by atoms with Gasteiger partial charge in [-0.1, -0.05) is 0 Å². The molecule has 0 aromatic carbocycles. The molecule has 0 aliphatic rings. The predicted molar refractivity (Wildman–Crippen MR) is 67.2 cm³/mol. The Morgan fingerprint density at radius 1 is 1.50 bits per heavy atom. The summed E-state index contributed by atoms with van der Waals surface area (Å²) in [4.78, 5) is 0. The van der Waals surface area contributed by atoms with Crippen LogP contribution in [-0.4, -0.2) is 16.3 Å². The van der Waals surface area contributed by atoms with E-state index in [1.54, 1.807) is 0 Å². The minimum absolute atomic E-state index is 0.314. The second-order valence-corrected chi connectivity index (χ2v) is 4.03. The van der Waals surface area contributed by atoms with Crippen LogP contribution in [0.1, 0.15) is 43.3 Å². The van der Waals surface area contributed by atoms with E-state index in [9.17, 15) is 0 Å². The number of rotatable bonds is 5. The van der Waals surface area contributed by atoms with Gasteiger partial charge >= 0.3 is 0 Å². The van der Waals surface area contributed by atoms with Crippen molar-refractivity contribution in [2.24, 2.45) is 0 Å². The molecule has 1 rings (SSSR count). The molecule has 16 heavy (non-hydrogen) atoms. The van der Waals surface area contributed by atoms with Crippen molar-refractivity contribution in [1.82, 2.24) is 15.1 Å². The number of nitrogens with zero attached hydrogens (tertiary/aromatic N) is 2. The molecule has 1 aromatic heterocycles. The van der Waals surface area contributed by atoms with Crippen molar-refractivity contribution in [2.75, 3.05) is 6.54 Å². The lowest BCUT2D eigenvalue weighted by Gasteiger charge is -2.13. The fraction of sp³-hybridized carbons (Fsp3) is 0.615. The van der Waals surface area contributed by atoms with Crippen molar-refractivity contribution in [3.05, 3.63) is 17.0 Å². The summed E-state index contributed by atoms with van der Waals surface area (Å²) < 4.78 is 2.05. The van der Waals surface area contributed by atoms with Crippen molar-refractivity contribution in [3.8, 4) is 12.3 Å². The number of aromatic nitrogens is 2. The van der Waals surface area contributed by atoms with Gasteiger partial charge in [-0.05, 0) is 27.7 Å². The fourth-order valence-corrected chi connectivity index (χ4v) is 2.11. The highest BCUT2D eigenvalue weighted by molar-refractivity contribution is 5.27. The minimum Gasteiger partial charge on any atom is -0.309 e. The summed E-state index contributed by atoms with van der Waals surface area (Å²) in [5.41, 5.74) is 3.67. The van der Waals surface area contributed by atoms with Gasteiger partial charge in [0.25, 0.3) is 0 Å². The van der Waals surface area contributed by atoms with Crippen LogP contribution in [0, 0.1) is 26.2 Å². The molecule has 1 heterocycles. The average molecular weight is 219 g/mol. The van der Waals surface area contributed by atoms with Crippen molar-refractivity contribution < 1.29 is 0 Å². The zero-order valence-corrected chi connectivity index (χ0v) is 10.7. The molecule has 0 saturated heterocycles. The molecule has 3 heteroatoms. The van der Waals surface area contributed by atoms with E-state index >= 15 is 0 Å². The zero-order chi connectivity index (χ0) is 12.1. The summed E-state index contributed by atoms with van der Waals surface area (Å²) in [5.74, 6) is 2.64. The van der Waals surface area contributed by atoms with E-state index in [0.717, 1.165) is 25.2 Å². The molecular weight excluding hydrogens is 198 g/mol. The van der Waals surface area contributed by atoms with Crippen molar-refractivity contribution in [2.45, 2.75) is 46.7 Å². The normalized spacial score (nSPS) is 12.4. The summed E-state index contributed by atoms with van der Waals surface area (Å²) in [5, 5.41) is 7.94. The molecule has 0 radical (unpaired) electrons. The van der Waals surface area contributed by atoms with Crippen LogP contribution < -0.4 is 5.32 Å². The number of terminal acetylenes is 1. The van der Waals surface area contributed by atoms with Gasteiger partial charge < -0.3 is 5.32 Å². The number of nitrogens with one attached hydrogen (secondary N) is 1. The van der Waals surface area contributed by atoms with Gasteiger partial charge in [0, 0.05) is 36.8 Å². The van der Waals surface area contributed by atoms with Gasteiger partial charge in [0.2, 0.25) is 0 Å². The SMILES string of the molecule is C#CCCNC(C)c1c(C)nn(CC)c1C. The van der Waals surface area contributed by atoms with Crippen LogP contribution in [0.25, 0.3) is 0 Å². The van der Waals surface area contributed by atoms with E-state index in [4.69, 9.17) is 6.42 Å². The lowest BCUT2D eigenvalue weighted by molar-refractivity contribution is 0.575. The maximum Gasteiger partial charge on any atom is 0.0644 e. The predicted octanol–water partition coefficient (Wildman–Crippen LogP) is 2.19. The van der Waals surface area contributed by atoms with Crippen LogP contribution in [0.2, 0.25) is 0 Å². The maximum atomic E-state index is 5.23. The van der Waals surface area contributed by atoms with Crippen LogP contribution in [0.3, 0.4) is 0 Å². The molecular formula is C13H21N3. The van der Waals surface area contributed by atoms with Crippen LogP contribution >= 0.6 is 0 Å². The van der Waals surface area contributed by atoms with Crippen LogP contribution in [0.15, 0.2) is 0 Å². The van der Waals surface area contributed by atoms with Crippen LogP contribution in [-0.2, 0) is 6.54 Å². The minimum atomic E-state index is 0.314. The number of hydrogen-bond acceptors (Lipinski definition) is 2. The third kappa shape index (κ3) is 2.65. The van der Waals surface area contributed by atoms with E-state index in [1.165, 1.54) is 11.3 Å². The van der Waals surface area contributed by atoms with Gasteiger partial charge in [0.05, 0.1) is 5.69 Å². The first-order chi connectivity index (χ1) is 7.61. The Balaban J connectivity index is 2.79. The van der Waals surface area contributed by atoms with E-state index in [1.807, 2.05) is 4.68 Å². The Labute approximate surface area is 98.2 Å². The maximum absolute atomic E-state index is 5.23. The summed E-state index contributed by atoms with van der Waals surface area (Å²) in [6.07, 6.45) is 6.00. The molecule has 0 amide bonds. The monoisotopic (exact) mass is 219 g/mol. The first-order valence-corrected chi connectivity index (χ1v) is 5.82. The first-order valence-electron chi connectivity index (χ1n) is 5.82. The topological polar surface area (TPSA) is 29.9 Å². The molecule has 1 unspecified atom stereocenters. The summed E-state index contributed by atoms with van der Waals surface area (Å²) in [6, 6.07) is 0.314. The largest absolute Gasteiger partial charge is 0.309 e. The zero-order valence-electron chi connectivity index (χ0n) is 10.7. The Kier molecular flexibility index (Phi) is 4.57. The highest BCUT2D eigenvalue weighted by Gasteiger charge is 2.15. The molecule has 0 spiro atoms. The number of aryl methyl sites for hydroxylation is 2. The van der Waals surface area contributed by atoms with Gasteiger partial charge in [-0.15, -0.1) is 12.3 Å². The van der Waals surface area contributed by atoms with Gasteiger partial charge in [-0.25, -0.2) is 0 Å². The van der Waals surface area contributed by atoms with E-state index in [2.05, 4.69) is 44.0 Å². The Morgan fingerprint density at radius 2 is 2.19 bits per heavy atom. The van der Waals surface area contributed by atoms with Gasteiger partial charge in [-0.3, -0.25) is 4.68 Å². The Morgan fingerprint density at radius 3 is 2.69 bits per heavy atom. The molecule has 88 valence electrons. The second kappa shape index (κ2) is 5.72. The van der Waals surface area contributed by atoms with Gasteiger partial charge in [0.1, 0.15) is 0 Å². The van der Waals surface area contributed by atoms with E-state index in [0.29, 0.717) is 6.04 Å². The molecule has 0 bridgehead atoms. The summed E-state index contributed by atoms with van der Waals surface area (Å²) >= 11 is 0. The number of hydrogen-bond donors (Lipinski definition) is 1. The van der Waals surface area contributed by atoms with Crippen molar-refractivity contribution >= 4 is 0 Å². The molecule has 0 aliphatic heterocycles. The Hall–Kier alpha value is -1.27. The smallest absolute Gasteiger partial charge is 0.0644 e. The van der Waals surface area contributed by atoms with Gasteiger partial charge in [-0.2, -0.15) is 5.10 Å². The third-order valence-electron chi connectivity index (χ3n) is 2.89. The molecule has 3 nitrogen and oxygen atoms in total. The molecule has 0 saturated carbocycles. The fourth-order valence-electron chi connectivity index (χ4n) is 2.11. The first kappa shape index (κ1) is 12.8. The van der Waals surface area contributed by atoms with E-state index in [-0.39, 0.29) is 0 Å². The highest BCUT2D eigenvalue weighted by atomic mass is 15.3. The third-order valence-corrected chi connectivity index (χ3v) is 2.89. The molecule has 1 N–H and O–H groups in total. The van der Waals surface area contributed by atoms with Gasteiger partial charge in [0.15, 0.2) is 0 Å². The van der Waals surface area contributed by atoms with Crippen LogP contribution in [0.4, 0.5) is 0 Å². The Bertz CT molecular complexity index is 385. The molecule has 1 aromatic rings. The quantitative estimate of drug-likeness (QED) is 0.608. The van der Waals surface area contributed by atoms with E-state index < -0.39 is 0 Å². The lowest BCUT2D eigenvalue weighted by Crippen LogP contribution is -2.20. The highest BCUT2D eigenvalue weighted by Crippen LogP contribution is 2.21. The van der Waals surface area contributed by atoms with Crippen molar-refractivity contribution in [3.63, 3.8) is 0 Å². The molecule has 1 atom stereocenters. The lowest BCUT2D eigenvalue weighted by atomic mass is 10.1. The van der Waals surface area contributed by atoms with Crippen molar-refractivity contribution in [1.29, 1.82) is 0 Å². The molecule has 0 aliphatic carbocycles.